The van der Waals surface area contributed by atoms with Gasteiger partial charge in [-0.15, -0.1) is 12.4 Å². The van der Waals surface area contributed by atoms with Crippen LogP contribution in [-0.4, -0.2) is 54.0 Å². The van der Waals surface area contributed by atoms with E-state index in [0.717, 1.165) is 6.20 Å². The van der Waals surface area contributed by atoms with Crippen molar-refractivity contribution in [1.29, 1.82) is 0 Å². The van der Waals surface area contributed by atoms with Crippen molar-refractivity contribution < 1.29 is 14.5 Å². The van der Waals surface area contributed by atoms with Gasteiger partial charge in [-0.3, -0.25) is 19.6 Å². The van der Waals surface area contributed by atoms with Gasteiger partial charge in [0.1, 0.15) is 17.9 Å². The largest absolute Gasteiger partial charge is 0.383 e. The lowest BCUT2D eigenvalue weighted by atomic mass is 10.1. The fraction of sp³-hybridized carbons (Fsp3) is 0.667. The summed E-state index contributed by atoms with van der Waals surface area (Å²) in [6.07, 6.45) is 2.37. The number of halogens is 1. The molecule has 0 aromatic carbocycles. The number of amides is 1. The smallest absolute Gasteiger partial charge is 0.307 e. The summed E-state index contributed by atoms with van der Waals surface area (Å²) in [6, 6.07) is 0. The first kappa shape index (κ1) is 20.3. The molecule has 0 aliphatic rings. The standard InChI is InChI=1S/C12H21N5O4.ClH/c1-12(2,16-9-10(8-15-16)17(19)20)11(18)14-5-4-13-6-7-21-3;/h8-9,13H,4-7H2,1-3H3,(H,14,18);1H. The van der Waals surface area contributed by atoms with Gasteiger partial charge < -0.3 is 15.4 Å². The summed E-state index contributed by atoms with van der Waals surface area (Å²) >= 11 is 0. The van der Waals surface area contributed by atoms with Gasteiger partial charge in [0.25, 0.3) is 0 Å². The molecule has 22 heavy (non-hydrogen) atoms. The van der Waals surface area contributed by atoms with E-state index in [2.05, 4.69) is 15.7 Å². The van der Waals surface area contributed by atoms with Crippen molar-refractivity contribution in [3.8, 4) is 0 Å². The van der Waals surface area contributed by atoms with Gasteiger partial charge in [0, 0.05) is 26.7 Å². The molecule has 0 radical (unpaired) electrons. The molecule has 1 aromatic heterocycles. The number of carbonyl (C=O) groups is 1. The number of methoxy groups -OCH3 is 1. The molecule has 0 spiro atoms. The molecule has 10 heteroatoms. The molecule has 2 N–H and O–H groups in total. The molecule has 1 heterocycles. The van der Waals surface area contributed by atoms with Crippen LogP contribution in [0, 0.1) is 10.1 Å². The van der Waals surface area contributed by atoms with Crippen molar-refractivity contribution in [1.82, 2.24) is 20.4 Å². The lowest BCUT2D eigenvalue weighted by Crippen LogP contribution is -2.46. The second kappa shape index (κ2) is 9.34. The summed E-state index contributed by atoms with van der Waals surface area (Å²) < 4.78 is 6.18. The number of carbonyl (C=O) groups excluding carboxylic acids is 1. The van der Waals surface area contributed by atoms with Crippen molar-refractivity contribution in [3.63, 3.8) is 0 Å². The van der Waals surface area contributed by atoms with E-state index in [1.165, 1.54) is 10.9 Å². The van der Waals surface area contributed by atoms with Gasteiger partial charge in [0.05, 0.1) is 11.5 Å². The Balaban J connectivity index is 0.00000441. The zero-order chi connectivity index (χ0) is 15.9. The Kier molecular flexibility index (Phi) is 8.61. The Morgan fingerprint density at radius 3 is 2.68 bits per heavy atom. The van der Waals surface area contributed by atoms with E-state index >= 15 is 0 Å². The van der Waals surface area contributed by atoms with Crippen LogP contribution < -0.4 is 10.6 Å². The van der Waals surface area contributed by atoms with Crippen LogP contribution in [0.1, 0.15) is 13.8 Å². The van der Waals surface area contributed by atoms with Crippen LogP contribution in [-0.2, 0) is 15.1 Å². The molecule has 0 atom stereocenters. The number of hydrogen-bond donors (Lipinski definition) is 2. The molecule has 1 amide bonds. The van der Waals surface area contributed by atoms with Gasteiger partial charge in [-0.1, -0.05) is 0 Å². The second-order valence-electron chi connectivity index (χ2n) is 4.96. The number of ether oxygens (including phenoxy) is 1. The fourth-order valence-electron chi connectivity index (χ4n) is 1.60. The molecular formula is C12H22ClN5O4. The Bertz CT molecular complexity index is 492. The molecule has 1 rings (SSSR count). The van der Waals surface area contributed by atoms with Crippen LogP contribution >= 0.6 is 12.4 Å². The van der Waals surface area contributed by atoms with E-state index in [1.807, 2.05) is 0 Å². The zero-order valence-corrected chi connectivity index (χ0v) is 13.7. The second-order valence-corrected chi connectivity index (χ2v) is 4.96. The Labute approximate surface area is 135 Å². The average Bonchev–Trinajstić information content (AvgIpc) is 2.93. The maximum absolute atomic E-state index is 12.1. The summed E-state index contributed by atoms with van der Waals surface area (Å²) in [5, 5.41) is 20.4. The Morgan fingerprint density at radius 2 is 2.14 bits per heavy atom. The summed E-state index contributed by atoms with van der Waals surface area (Å²) in [7, 11) is 1.62. The Morgan fingerprint density at radius 1 is 1.45 bits per heavy atom. The van der Waals surface area contributed by atoms with Crippen LogP contribution in [0.15, 0.2) is 12.4 Å². The SMILES string of the molecule is COCCNCCNC(=O)C(C)(C)n1cc([N+](=O)[O-])cn1.Cl. The molecule has 0 aliphatic carbocycles. The Hall–Kier alpha value is -1.71. The van der Waals surface area contributed by atoms with E-state index in [4.69, 9.17) is 4.74 Å². The first-order valence-corrected chi connectivity index (χ1v) is 6.57. The molecular weight excluding hydrogens is 314 g/mol. The molecule has 0 bridgehead atoms. The number of nitrogens with one attached hydrogen (secondary N) is 2. The summed E-state index contributed by atoms with van der Waals surface area (Å²) in [5.41, 5.74) is -1.14. The van der Waals surface area contributed by atoms with Gasteiger partial charge in [0.2, 0.25) is 5.91 Å². The molecule has 0 fully saturated rings. The van der Waals surface area contributed by atoms with E-state index in [0.29, 0.717) is 26.2 Å². The third-order valence-electron chi connectivity index (χ3n) is 2.98. The van der Waals surface area contributed by atoms with Crippen molar-refractivity contribution in [2.24, 2.45) is 0 Å². The maximum atomic E-state index is 12.1. The summed E-state index contributed by atoms with van der Waals surface area (Å²) in [4.78, 5) is 22.2. The molecule has 0 saturated carbocycles. The lowest BCUT2D eigenvalue weighted by Gasteiger charge is -2.23. The number of rotatable bonds is 9. The van der Waals surface area contributed by atoms with Gasteiger partial charge in [-0.05, 0) is 13.8 Å². The average molecular weight is 336 g/mol. The first-order chi connectivity index (χ1) is 9.89. The van der Waals surface area contributed by atoms with Crippen LogP contribution in [0.3, 0.4) is 0 Å². The van der Waals surface area contributed by atoms with Crippen LogP contribution in [0.4, 0.5) is 5.69 Å². The van der Waals surface area contributed by atoms with E-state index in [-0.39, 0.29) is 24.0 Å². The summed E-state index contributed by atoms with van der Waals surface area (Å²) in [5.74, 6) is -0.256. The van der Waals surface area contributed by atoms with Gasteiger partial charge in [-0.2, -0.15) is 5.10 Å². The van der Waals surface area contributed by atoms with Crippen molar-refractivity contribution in [2.45, 2.75) is 19.4 Å². The van der Waals surface area contributed by atoms with Gasteiger partial charge in [-0.25, -0.2) is 0 Å². The van der Waals surface area contributed by atoms with Crippen LogP contribution in [0.5, 0.6) is 0 Å². The van der Waals surface area contributed by atoms with E-state index in [9.17, 15) is 14.9 Å². The predicted octanol–water partition coefficient (Wildman–Crippen LogP) is 0.300. The molecule has 0 unspecified atom stereocenters. The predicted molar refractivity (Wildman–Crippen MR) is 83.2 cm³/mol. The van der Waals surface area contributed by atoms with Gasteiger partial charge >= 0.3 is 5.69 Å². The molecule has 0 aliphatic heterocycles. The molecule has 1 aromatic rings. The highest BCUT2D eigenvalue weighted by molar-refractivity contribution is 5.85. The highest BCUT2D eigenvalue weighted by Crippen LogP contribution is 2.18. The lowest BCUT2D eigenvalue weighted by molar-refractivity contribution is -0.385. The topological polar surface area (TPSA) is 111 Å². The van der Waals surface area contributed by atoms with Crippen LogP contribution in [0.25, 0.3) is 0 Å². The van der Waals surface area contributed by atoms with Crippen molar-refractivity contribution in [3.05, 3.63) is 22.5 Å². The van der Waals surface area contributed by atoms with Crippen molar-refractivity contribution in [2.75, 3.05) is 33.4 Å². The highest BCUT2D eigenvalue weighted by atomic mass is 35.5. The normalized spacial score (nSPS) is 10.9. The minimum absolute atomic E-state index is 0. The van der Waals surface area contributed by atoms with Gasteiger partial charge in [0.15, 0.2) is 0 Å². The number of nitro groups is 1. The molecule has 9 nitrogen and oxygen atoms in total. The molecule has 0 saturated heterocycles. The number of nitrogens with zero attached hydrogens (tertiary/aromatic N) is 3. The maximum Gasteiger partial charge on any atom is 0.307 e. The monoisotopic (exact) mass is 335 g/mol. The van der Waals surface area contributed by atoms with Crippen molar-refractivity contribution >= 4 is 24.0 Å². The molecule has 126 valence electrons. The number of aromatic nitrogens is 2. The minimum Gasteiger partial charge on any atom is -0.383 e. The van der Waals surface area contributed by atoms with E-state index < -0.39 is 10.5 Å². The van der Waals surface area contributed by atoms with Crippen LogP contribution in [0.2, 0.25) is 0 Å². The first-order valence-electron chi connectivity index (χ1n) is 6.57. The third-order valence-corrected chi connectivity index (χ3v) is 2.98. The minimum atomic E-state index is -0.999. The third kappa shape index (κ3) is 5.58. The number of hydrogen-bond acceptors (Lipinski definition) is 6. The zero-order valence-electron chi connectivity index (χ0n) is 12.9. The fourth-order valence-corrected chi connectivity index (χ4v) is 1.60. The quantitative estimate of drug-likeness (QED) is 0.381. The van der Waals surface area contributed by atoms with E-state index in [1.54, 1.807) is 21.0 Å². The summed E-state index contributed by atoms with van der Waals surface area (Å²) in [6.45, 7) is 5.69. The highest BCUT2D eigenvalue weighted by Gasteiger charge is 2.31.